The minimum Gasteiger partial charge on any atom is -0.494 e. The standard InChI is InChI=1S/C20H26N2O4S/c1-15(2)12-13-26-18-10-8-16(9-11-18)20(23)21-17-6-5-7-19(14-17)27(24,25)22(3)4/h5-11,14-15H,12-13H2,1-4H3,(H,21,23). The monoisotopic (exact) mass is 390 g/mol. The lowest BCUT2D eigenvalue weighted by Gasteiger charge is -2.13. The summed E-state index contributed by atoms with van der Waals surface area (Å²) in [7, 11) is -0.628. The number of ether oxygens (including phenoxy) is 1. The smallest absolute Gasteiger partial charge is 0.255 e. The minimum absolute atomic E-state index is 0.124. The SMILES string of the molecule is CC(C)CCOc1ccc(C(=O)Nc2cccc(S(=O)(=O)N(C)C)c2)cc1. The molecule has 0 unspecified atom stereocenters. The Kier molecular flexibility index (Phi) is 6.98. The summed E-state index contributed by atoms with van der Waals surface area (Å²) in [6.45, 7) is 4.90. The van der Waals surface area contributed by atoms with Gasteiger partial charge in [0.15, 0.2) is 0 Å². The van der Waals surface area contributed by atoms with Crippen molar-refractivity contribution in [1.29, 1.82) is 0 Å². The number of carbonyl (C=O) groups excluding carboxylic acids is 1. The summed E-state index contributed by atoms with van der Waals surface area (Å²) in [6, 6.07) is 13.0. The van der Waals surface area contributed by atoms with E-state index in [1.54, 1.807) is 36.4 Å². The van der Waals surface area contributed by atoms with Crippen LogP contribution >= 0.6 is 0 Å². The molecule has 1 N–H and O–H groups in total. The van der Waals surface area contributed by atoms with E-state index in [1.807, 2.05) is 0 Å². The van der Waals surface area contributed by atoms with Crippen molar-refractivity contribution in [2.75, 3.05) is 26.0 Å². The molecule has 0 saturated carbocycles. The van der Waals surface area contributed by atoms with Crippen molar-refractivity contribution in [3.8, 4) is 5.75 Å². The van der Waals surface area contributed by atoms with Crippen LogP contribution in [0.3, 0.4) is 0 Å². The first-order valence-corrected chi connectivity index (χ1v) is 10.2. The molecule has 0 spiro atoms. The van der Waals surface area contributed by atoms with Gasteiger partial charge >= 0.3 is 0 Å². The number of hydrogen-bond acceptors (Lipinski definition) is 4. The molecule has 0 atom stereocenters. The number of sulfonamides is 1. The van der Waals surface area contributed by atoms with Gasteiger partial charge in [0.25, 0.3) is 5.91 Å². The van der Waals surface area contributed by atoms with Gasteiger partial charge in [0, 0.05) is 25.3 Å². The van der Waals surface area contributed by atoms with E-state index < -0.39 is 10.0 Å². The molecule has 0 bridgehead atoms. The summed E-state index contributed by atoms with van der Waals surface area (Å²) in [5.41, 5.74) is 0.882. The van der Waals surface area contributed by atoms with Crippen molar-refractivity contribution >= 4 is 21.6 Å². The Morgan fingerprint density at radius 3 is 2.37 bits per heavy atom. The van der Waals surface area contributed by atoms with E-state index in [-0.39, 0.29) is 10.8 Å². The van der Waals surface area contributed by atoms with Crippen LogP contribution in [0.2, 0.25) is 0 Å². The first-order chi connectivity index (χ1) is 12.7. The van der Waals surface area contributed by atoms with E-state index >= 15 is 0 Å². The molecule has 0 aliphatic rings. The lowest BCUT2D eigenvalue weighted by atomic mass is 10.1. The third-order valence-corrected chi connectivity index (χ3v) is 5.76. The van der Waals surface area contributed by atoms with Gasteiger partial charge in [-0.2, -0.15) is 0 Å². The number of carbonyl (C=O) groups is 1. The second-order valence-corrected chi connectivity index (χ2v) is 8.98. The molecule has 0 aliphatic carbocycles. The van der Waals surface area contributed by atoms with Crippen LogP contribution in [0.4, 0.5) is 5.69 Å². The van der Waals surface area contributed by atoms with Crippen LogP contribution in [-0.4, -0.2) is 39.3 Å². The van der Waals surface area contributed by atoms with Gasteiger partial charge in [-0.05, 0) is 54.8 Å². The van der Waals surface area contributed by atoms with Crippen LogP contribution in [0.25, 0.3) is 0 Å². The summed E-state index contributed by atoms with van der Waals surface area (Å²) in [5, 5.41) is 2.72. The quantitative estimate of drug-likeness (QED) is 0.747. The largest absolute Gasteiger partial charge is 0.494 e. The molecule has 1 amide bonds. The van der Waals surface area contributed by atoms with E-state index in [1.165, 1.54) is 26.2 Å². The second kappa shape index (κ2) is 9.01. The van der Waals surface area contributed by atoms with Crippen LogP contribution in [0.5, 0.6) is 5.75 Å². The number of anilines is 1. The topological polar surface area (TPSA) is 75.7 Å². The number of amides is 1. The van der Waals surface area contributed by atoms with Gasteiger partial charge in [0.2, 0.25) is 10.0 Å². The number of nitrogens with one attached hydrogen (secondary N) is 1. The predicted molar refractivity (Wildman–Crippen MR) is 107 cm³/mol. The molecule has 27 heavy (non-hydrogen) atoms. The summed E-state index contributed by atoms with van der Waals surface area (Å²) < 4.78 is 31.2. The Morgan fingerprint density at radius 1 is 1.11 bits per heavy atom. The molecule has 2 rings (SSSR count). The Labute approximate surface area is 161 Å². The number of benzene rings is 2. The first kappa shape index (κ1) is 20.9. The highest BCUT2D eigenvalue weighted by atomic mass is 32.2. The highest BCUT2D eigenvalue weighted by Gasteiger charge is 2.17. The second-order valence-electron chi connectivity index (χ2n) is 6.82. The first-order valence-electron chi connectivity index (χ1n) is 8.77. The van der Waals surface area contributed by atoms with Crippen molar-refractivity contribution in [2.45, 2.75) is 25.2 Å². The Hall–Kier alpha value is -2.38. The fraction of sp³-hybridized carbons (Fsp3) is 0.350. The van der Waals surface area contributed by atoms with E-state index in [0.717, 1.165) is 10.7 Å². The van der Waals surface area contributed by atoms with Gasteiger partial charge in [-0.1, -0.05) is 19.9 Å². The Bertz CT molecular complexity index is 875. The van der Waals surface area contributed by atoms with E-state index in [0.29, 0.717) is 29.5 Å². The average molecular weight is 391 g/mol. The van der Waals surface area contributed by atoms with Gasteiger partial charge < -0.3 is 10.1 Å². The molecule has 6 nitrogen and oxygen atoms in total. The van der Waals surface area contributed by atoms with Crippen molar-refractivity contribution in [3.05, 3.63) is 54.1 Å². The van der Waals surface area contributed by atoms with Gasteiger partial charge in [-0.25, -0.2) is 12.7 Å². The maximum Gasteiger partial charge on any atom is 0.255 e. The summed E-state index contributed by atoms with van der Waals surface area (Å²) in [6.07, 6.45) is 0.967. The molecular formula is C20H26N2O4S. The van der Waals surface area contributed by atoms with Crippen LogP contribution in [0, 0.1) is 5.92 Å². The van der Waals surface area contributed by atoms with Crippen molar-refractivity contribution in [2.24, 2.45) is 5.92 Å². The average Bonchev–Trinajstić information content (AvgIpc) is 2.62. The number of rotatable bonds is 8. The molecular weight excluding hydrogens is 364 g/mol. The third kappa shape index (κ3) is 5.80. The molecule has 0 aliphatic heterocycles. The van der Waals surface area contributed by atoms with Gasteiger partial charge in [-0.15, -0.1) is 0 Å². The Balaban J connectivity index is 2.05. The molecule has 0 radical (unpaired) electrons. The zero-order chi connectivity index (χ0) is 20.0. The fourth-order valence-electron chi connectivity index (χ4n) is 2.26. The maximum absolute atomic E-state index is 12.4. The fourth-order valence-corrected chi connectivity index (χ4v) is 3.21. The molecule has 2 aromatic rings. The van der Waals surface area contributed by atoms with Gasteiger partial charge in [0.1, 0.15) is 5.75 Å². The van der Waals surface area contributed by atoms with Gasteiger partial charge in [0.05, 0.1) is 11.5 Å². The molecule has 0 saturated heterocycles. The minimum atomic E-state index is -3.56. The lowest BCUT2D eigenvalue weighted by Crippen LogP contribution is -2.22. The van der Waals surface area contributed by atoms with E-state index in [2.05, 4.69) is 19.2 Å². The van der Waals surface area contributed by atoms with E-state index in [4.69, 9.17) is 4.74 Å². The van der Waals surface area contributed by atoms with Gasteiger partial charge in [-0.3, -0.25) is 4.79 Å². The number of nitrogens with zero attached hydrogens (tertiary/aromatic N) is 1. The summed E-state index contributed by atoms with van der Waals surface area (Å²) in [5.74, 6) is 0.969. The van der Waals surface area contributed by atoms with Crippen LogP contribution in [0.1, 0.15) is 30.6 Å². The maximum atomic E-state index is 12.4. The Morgan fingerprint density at radius 2 is 1.78 bits per heavy atom. The molecule has 0 heterocycles. The summed E-state index contributed by atoms with van der Waals surface area (Å²) >= 11 is 0. The van der Waals surface area contributed by atoms with Crippen molar-refractivity contribution in [1.82, 2.24) is 4.31 Å². The molecule has 2 aromatic carbocycles. The predicted octanol–water partition coefficient (Wildman–Crippen LogP) is 3.61. The summed E-state index contributed by atoms with van der Waals surface area (Å²) in [4.78, 5) is 12.5. The molecule has 146 valence electrons. The van der Waals surface area contributed by atoms with Crippen LogP contribution in [0.15, 0.2) is 53.4 Å². The van der Waals surface area contributed by atoms with Crippen LogP contribution < -0.4 is 10.1 Å². The van der Waals surface area contributed by atoms with Crippen LogP contribution in [-0.2, 0) is 10.0 Å². The zero-order valence-electron chi connectivity index (χ0n) is 16.1. The van der Waals surface area contributed by atoms with Crippen molar-refractivity contribution < 1.29 is 17.9 Å². The van der Waals surface area contributed by atoms with E-state index in [9.17, 15) is 13.2 Å². The molecule has 0 aromatic heterocycles. The molecule has 7 heteroatoms. The highest BCUT2D eigenvalue weighted by Crippen LogP contribution is 2.19. The molecule has 0 fully saturated rings. The highest BCUT2D eigenvalue weighted by molar-refractivity contribution is 7.89. The number of hydrogen-bond donors (Lipinski definition) is 1. The zero-order valence-corrected chi connectivity index (χ0v) is 16.9. The van der Waals surface area contributed by atoms with Crippen molar-refractivity contribution in [3.63, 3.8) is 0 Å². The third-order valence-electron chi connectivity index (χ3n) is 3.95. The lowest BCUT2D eigenvalue weighted by molar-refractivity contribution is 0.102. The normalized spacial score (nSPS) is 11.6.